The lowest BCUT2D eigenvalue weighted by Crippen LogP contribution is -2.44. The summed E-state index contributed by atoms with van der Waals surface area (Å²) in [6.07, 6.45) is 2.93. The molecule has 0 saturated carbocycles. The Morgan fingerprint density at radius 3 is 2.52 bits per heavy atom. The van der Waals surface area contributed by atoms with Gasteiger partial charge in [-0.05, 0) is 73.0 Å². The van der Waals surface area contributed by atoms with E-state index >= 15 is 0 Å². The van der Waals surface area contributed by atoms with Crippen molar-refractivity contribution < 1.29 is 27.6 Å². The maximum atomic E-state index is 14.3. The minimum atomic E-state index is -4.17. The van der Waals surface area contributed by atoms with E-state index in [4.69, 9.17) is 9.57 Å². The molecule has 5 heterocycles. The van der Waals surface area contributed by atoms with Crippen molar-refractivity contribution in [1.82, 2.24) is 23.6 Å². The Morgan fingerprint density at radius 2 is 1.83 bits per heavy atom. The number of fused-ring (bicyclic) bond motifs is 5. The molecule has 1 atom stereocenters. The highest BCUT2D eigenvalue weighted by atomic mass is 79.9. The Labute approximate surface area is 273 Å². The summed E-state index contributed by atoms with van der Waals surface area (Å²) in [4.78, 5) is 39.4. The first kappa shape index (κ1) is 30.4. The number of ether oxygens (including phenoxy) is 1. The largest absolute Gasteiger partial charge is 0.444 e. The average molecular weight is 708 g/mol. The summed E-state index contributed by atoms with van der Waals surface area (Å²) in [5.74, 6) is -0.367. The first-order chi connectivity index (χ1) is 21.8. The Morgan fingerprint density at radius 1 is 1.09 bits per heavy atom. The third-order valence-corrected chi connectivity index (χ3v) is 11.3. The van der Waals surface area contributed by atoms with Gasteiger partial charge in [0.15, 0.2) is 5.65 Å². The van der Waals surface area contributed by atoms with Gasteiger partial charge in [-0.3, -0.25) is 14.3 Å². The number of benzene rings is 2. The first-order valence-corrected chi connectivity index (χ1v) is 16.8. The number of aromatic nitrogens is 4. The zero-order chi connectivity index (χ0) is 32.8. The van der Waals surface area contributed by atoms with Crippen molar-refractivity contribution in [2.45, 2.75) is 43.1 Å². The zero-order valence-electron chi connectivity index (χ0n) is 25.8. The summed E-state index contributed by atoms with van der Waals surface area (Å²) in [7, 11) is -0.937. The second-order valence-electron chi connectivity index (χ2n) is 12.5. The van der Waals surface area contributed by atoms with Crippen LogP contribution in [-0.2, 0) is 36.9 Å². The number of likely N-dealkylation sites (tertiary alicyclic amines) is 1. The van der Waals surface area contributed by atoms with Crippen LogP contribution in [0, 0.1) is 0 Å². The fraction of sp³-hybridized carbons (Fsp3) is 0.312. The third kappa shape index (κ3) is 4.37. The van der Waals surface area contributed by atoms with E-state index in [0.717, 1.165) is 10.9 Å². The molecule has 1 unspecified atom stereocenters. The molecule has 2 aliphatic rings. The fourth-order valence-electron chi connectivity index (χ4n) is 6.58. The van der Waals surface area contributed by atoms with Gasteiger partial charge in [0, 0.05) is 42.0 Å². The lowest BCUT2D eigenvalue weighted by Gasteiger charge is -2.26. The fourth-order valence-corrected chi connectivity index (χ4v) is 9.13. The Bertz CT molecular complexity index is 2190. The molecule has 2 amide bonds. The molecular formula is C32H31BrN6O6S. The van der Waals surface area contributed by atoms with E-state index in [1.807, 2.05) is 25.2 Å². The maximum Gasteiger partial charge on any atom is 0.410 e. The predicted octanol–water partition coefficient (Wildman–Crippen LogP) is 5.38. The number of carbonyl (C=O) groups excluding carboxylic acids is 2. The van der Waals surface area contributed by atoms with E-state index in [9.17, 15) is 18.0 Å². The lowest BCUT2D eigenvalue weighted by molar-refractivity contribution is -0.128. The summed E-state index contributed by atoms with van der Waals surface area (Å²) in [5, 5.41) is 6.87. The molecule has 7 rings (SSSR count). The number of amides is 2. The molecule has 3 aromatic heterocycles. The van der Waals surface area contributed by atoms with Crippen molar-refractivity contribution in [1.29, 1.82) is 0 Å². The van der Waals surface area contributed by atoms with Crippen molar-refractivity contribution in [3.05, 3.63) is 71.1 Å². The number of hydrogen-bond acceptors (Lipinski definition) is 8. The molecule has 14 heteroatoms. The molecule has 12 nitrogen and oxygen atoms in total. The van der Waals surface area contributed by atoms with Crippen LogP contribution in [0.3, 0.4) is 0 Å². The predicted molar refractivity (Wildman–Crippen MR) is 175 cm³/mol. The Balaban J connectivity index is 1.54. The van der Waals surface area contributed by atoms with Gasteiger partial charge in [-0.2, -0.15) is 10.2 Å². The number of aryl methyl sites for hydroxylation is 1. The van der Waals surface area contributed by atoms with Crippen LogP contribution in [0.1, 0.15) is 32.8 Å². The number of hydrogen-bond donors (Lipinski definition) is 0. The van der Waals surface area contributed by atoms with Crippen LogP contribution < -0.4 is 5.06 Å². The molecule has 2 aromatic carbocycles. The molecule has 2 aliphatic heterocycles. The van der Waals surface area contributed by atoms with Gasteiger partial charge in [0.25, 0.3) is 15.9 Å². The zero-order valence-corrected chi connectivity index (χ0v) is 28.2. The number of hydroxylamine groups is 1. The number of pyridine rings is 1. The highest BCUT2D eigenvalue weighted by Gasteiger charge is 2.58. The van der Waals surface area contributed by atoms with Crippen molar-refractivity contribution in [3.63, 3.8) is 0 Å². The Kier molecular flexibility index (Phi) is 6.85. The van der Waals surface area contributed by atoms with Crippen molar-refractivity contribution in [2.24, 2.45) is 7.05 Å². The van der Waals surface area contributed by atoms with Crippen LogP contribution in [0.15, 0.2) is 70.4 Å². The van der Waals surface area contributed by atoms with Gasteiger partial charge in [-0.15, -0.1) is 0 Å². The lowest BCUT2D eigenvalue weighted by atomic mass is 9.79. The van der Waals surface area contributed by atoms with E-state index in [1.54, 1.807) is 49.8 Å². The van der Waals surface area contributed by atoms with Gasteiger partial charge >= 0.3 is 6.09 Å². The monoisotopic (exact) mass is 706 g/mol. The molecule has 0 N–H and O–H groups in total. The van der Waals surface area contributed by atoms with E-state index in [0.29, 0.717) is 27.8 Å². The van der Waals surface area contributed by atoms with E-state index in [2.05, 4.69) is 26.0 Å². The summed E-state index contributed by atoms with van der Waals surface area (Å²) in [6, 6.07) is 13.8. The van der Waals surface area contributed by atoms with Crippen LogP contribution in [0.2, 0.25) is 0 Å². The number of carbonyl (C=O) groups is 2. The van der Waals surface area contributed by atoms with Gasteiger partial charge < -0.3 is 9.64 Å². The molecule has 1 fully saturated rings. The number of halogens is 1. The quantitative estimate of drug-likeness (QED) is 0.244. The molecule has 0 aliphatic carbocycles. The normalized spacial score (nSPS) is 18.3. The van der Waals surface area contributed by atoms with E-state index < -0.39 is 27.1 Å². The second kappa shape index (κ2) is 10.4. The van der Waals surface area contributed by atoms with Crippen molar-refractivity contribution >= 4 is 65.6 Å². The molecule has 0 radical (unpaired) electrons. The molecule has 238 valence electrons. The van der Waals surface area contributed by atoms with Gasteiger partial charge in [0.1, 0.15) is 10.2 Å². The van der Waals surface area contributed by atoms with Crippen LogP contribution in [0.4, 0.5) is 10.5 Å². The molecular weight excluding hydrogens is 676 g/mol. The maximum absolute atomic E-state index is 14.3. The van der Waals surface area contributed by atoms with E-state index in [-0.39, 0.29) is 40.6 Å². The molecule has 1 spiro atoms. The summed E-state index contributed by atoms with van der Waals surface area (Å²) >= 11 is 3.66. The van der Waals surface area contributed by atoms with Crippen LogP contribution in [0.5, 0.6) is 0 Å². The van der Waals surface area contributed by atoms with Gasteiger partial charge in [0.2, 0.25) is 0 Å². The van der Waals surface area contributed by atoms with Crippen LogP contribution in [0.25, 0.3) is 33.1 Å². The topological polar surface area (TPSA) is 129 Å². The molecule has 0 bridgehead atoms. The van der Waals surface area contributed by atoms with Crippen LogP contribution >= 0.6 is 15.9 Å². The first-order valence-electron chi connectivity index (χ1n) is 14.6. The van der Waals surface area contributed by atoms with Crippen molar-refractivity contribution in [2.75, 3.05) is 25.3 Å². The highest BCUT2D eigenvalue weighted by molar-refractivity contribution is 9.10. The number of anilines is 1. The van der Waals surface area contributed by atoms with Gasteiger partial charge in [0.05, 0.1) is 41.0 Å². The van der Waals surface area contributed by atoms with Gasteiger partial charge in [-0.25, -0.2) is 22.2 Å². The SMILES string of the molecule is CON1C(=O)C2(CCN(C(=O)OC(C)(C)C)C2)c2c1cnc1c2c(-c2ccc3c(cnn3C)c2)c(Br)n1S(=O)(=O)c1ccccc1. The van der Waals surface area contributed by atoms with Crippen molar-refractivity contribution in [3.8, 4) is 11.1 Å². The van der Waals surface area contributed by atoms with E-state index in [1.165, 1.54) is 39.4 Å². The summed E-state index contributed by atoms with van der Waals surface area (Å²) in [5.41, 5.74) is 1.20. The number of nitrogens with zero attached hydrogens (tertiary/aromatic N) is 6. The Hall–Kier alpha value is -4.27. The molecule has 46 heavy (non-hydrogen) atoms. The average Bonchev–Trinajstić information content (AvgIpc) is 3.75. The summed E-state index contributed by atoms with van der Waals surface area (Å²) in [6.45, 7) is 5.62. The van der Waals surface area contributed by atoms with Gasteiger partial charge in [-0.1, -0.05) is 24.3 Å². The third-order valence-electron chi connectivity index (χ3n) is 8.58. The minimum Gasteiger partial charge on any atom is -0.444 e. The highest BCUT2D eigenvalue weighted by Crippen LogP contribution is 2.54. The molecule has 1 saturated heterocycles. The smallest absolute Gasteiger partial charge is 0.410 e. The van der Waals surface area contributed by atoms with Crippen LogP contribution in [-0.4, -0.2) is 69.9 Å². The second-order valence-corrected chi connectivity index (χ2v) is 15.1. The summed E-state index contributed by atoms with van der Waals surface area (Å²) < 4.78 is 37.5. The minimum absolute atomic E-state index is 0.0159. The standard InChI is InChI=1S/C32H31BrN6O6S/c1-31(2,3)45-30(41)37-14-13-32(18-37)26-23(38(44-5)29(32)40)17-34-28-25(26)24(19-11-12-22-20(15-19)16-35-36(22)4)27(33)39(28)46(42,43)21-9-7-6-8-10-21/h6-12,15-17H,13-14,18H2,1-5H3. The number of rotatable bonds is 4. The molecule has 5 aromatic rings.